The number of hydrogen-bond donors (Lipinski definition) is 1. The lowest BCUT2D eigenvalue weighted by atomic mass is 10.0. The Hall–Kier alpha value is -2.09. The molecular formula is C13H14F3N3O2. The van der Waals surface area contributed by atoms with Crippen molar-refractivity contribution < 1.29 is 22.4 Å². The van der Waals surface area contributed by atoms with E-state index in [4.69, 9.17) is 10.3 Å². The Morgan fingerprint density at radius 2 is 2.00 bits per heavy atom. The first-order chi connectivity index (χ1) is 9.76. The molecule has 2 rings (SSSR count). The summed E-state index contributed by atoms with van der Waals surface area (Å²) in [7, 11) is 0. The second-order valence-corrected chi connectivity index (χ2v) is 4.63. The Morgan fingerprint density at radius 3 is 2.67 bits per heavy atom. The van der Waals surface area contributed by atoms with E-state index in [0.717, 1.165) is 11.1 Å². The molecule has 0 aliphatic heterocycles. The minimum absolute atomic E-state index is 0.0497. The van der Waals surface area contributed by atoms with Crippen molar-refractivity contribution in [3.63, 3.8) is 0 Å². The van der Waals surface area contributed by atoms with Gasteiger partial charge in [-0.25, -0.2) is 0 Å². The SMILES string of the molecule is Cc1cc(N)cc(-c2nc(COCC(F)(F)F)no2)c1C. The third-order valence-corrected chi connectivity index (χ3v) is 2.89. The van der Waals surface area contributed by atoms with Crippen LogP contribution in [0.25, 0.3) is 11.5 Å². The van der Waals surface area contributed by atoms with E-state index in [-0.39, 0.29) is 18.3 Å². The number of halogens is 3. The molecule has 0 aliphatic carbocycles. The predicted octanol–water partition coefficient (Wildman–Crippen LogP) is 3.01. The first-order valence-corrected chi connectivity index (χ1v) is 6.10. The average Bonchev–Trinajstić information content (AvgIpc) is 2.80. The lowest BCUT2D eigenvalue weighted by Crippen LogP contribution is -2.16. The van der Waals surface area contributed by atoms with Crippen molar-refractivity contribution in [1.29, 1.82) is 0 Å². The van der Waals surface area contributed by atoms with E-state index in [0.29, 0.717) is 11.3 Å². The maximum absolute atomic E-state index is 12.0. The van der Waals surface area contributed by atoms with Crippen LogP contribution in [-0.2, 0) is 11.3 Å². The number of ether oxygens (including phenoxy) is 1. The van der Waals surface area contributed by atoms with Gasteiger partial charge in [0.25, 0.3) is 5.89 Å². The number of aromatic nitrogens is 2. The summed E-state index contributed by atoms with van der Waals surface area (Å²) < 4.78 is 45.4. The summed E-state index contributed by atoms with van der Waals surface area (Å²) in [6, 6.07) is 3.48. The van der Waals surface area contributed by atoms with Crippen LogP contribution >= 0.6 is 0 Å². The van der Waals surface area contributed by atoms with Gasteiger partial charge in [-0.3, -0.25) is 0 Å². The summed E-state index contributed by atoms with van der Waals surface area (Å²) in [6.07, 6.45) is -4.38. The van der Waals surface area contributed by atoms with E-state index in [1.165, 1.54) is 0 Å². The van der Waals surface area contributed by atoms with Gasteiger partial charge < -0.3 is 15.0 Å². The Labute approximate surface area is 118 Å². The standard InChI is InChI=1S/C13H14F3N3O2/c1-7-3-9(17)4-10(8(7)2)12-18-11(19-21-12)5-20-6-13(14,15)16/h3-4H,5-6,17H2,1-2H3. The fourth-order valence-electron chi connectivity index (χ4n) is 1.79. The van der Waals surface area contributed by atoms with E-state index in [2.05, 4.69) is 14.9 Å². The van der Waals surface area contributed by atoms with Gasteiger partial charge in [-0.15, -0.1) is 0 Å². The molecule has 0 atom stereocenters. The third kappa shape index (κ3) is 3.94. The first-order valence-electron chi connectivity index (χ1n) is 6.10. The normalized spacial score (nSPS) is 11.9. The van der Waals surface area contributed by atoms with E-state index in [1.54, 1.807) is 6.07 Å². The van der Waals surface area contributed by atoms with Gasteiger partial charge in [-0.05, 0) is 37.1 Å². The summed E-state index contributed by atoms with van der Waals surface area (Å²) in [6.45, 7) is 2.03. The average molecular weight is 301 g/mol. The topological polar surface area (TPSA) is 74.2 Å². The molecule has 0 saturated carbocycles. The second kappa shape index (κ2) is 5.72. The van der Waals surface area contributed by atoms with Crippen molar-refractivity contribution in [2.45, 2.75) is 26.6 Å². The zero-order valence-corrected chi connectivity index (χ0v) is 11.5. The molecule has 0 fully saturated rings. The molecule has 2 N–H and O–H groups in total. The number of rotatable bonds is 4. The molecule has 0 amide bonds. The number of aryl methyl sites for hydroxylation is 1. The van der Waals surface area contributed by atoms with Crippen LogP contribution in [0.15, 0.2) is 16.7 Å². The van der Waals surface area contributed by atoms with E-state index in [9.17, 15) is 13.2 Å². The molecule has 0 spiro atoms. The summed E-state index contributed by atoms with van der Waals surface area (Å²) in [5.41, 5.74) is 8.83. The van der Waals surface area contributed by atoms with Crippen molar-refractivity contribution in [3.05, 3.63) is 29.1 Å². The van der Waals surface area contributed by atoms with Gasteiger partial charge in [-0.1, -0.05) is 5.16 Å². The Morgan fingerprint density at radius 1 is 1.29 bits per heavy atom. The molecule has 0 radical (unpaired) electrons. The van der Waals surface area contributed by atoms with Crippen molar-refractivity contribution in [2.24, 2.45) is 0 Å². The van der Waals surface area contributed by atoms with Crippen molar-refractivity contribution >= 4 is 5.69 Å². The Bertz CT molecular complexity index is 638. The molecule has 1 heterocycles. The van der Waals surface area contributed by atoms with Crippen LogP contribution in [0.3, 0.4) is 0 Å². The first kappa shape index (κ1) is 15.3. The molecular weight excluding hydrogens is 287 g/mol. The molecule has 0 unspecified atom stereocenters. The number of hydrogen-bond acceptors (Lipinski definition) is 5. The van der Waals surface area contributed by atoms with Crippen LogP contribution in [0.4, 0.5) is 18.9 Å². The molecule has 8 heteroatoms. The largest absolute Gasteiger partial charge is 0.411 e. The third-order valence-electron chi connectivity index (χ3n) is 2.89. The molecule has 0 bridgehead atoms. The van der Waals surface area contributed by atoms with Gasteiger partial charge >= 0.3 is 6.18 Å². The van der Waals surface area contributed by atoms with Gasteiger partial charge in [-0.2, -0.15) is 18.2 Å². The molecule has 1 aromatic carbocycles. The van der Waals surface area contributed by atoms with Crippen molar-refractivity contribution in [3.8, 4) is 11.5 Å². The Balaban J connectivity index is 2.13. The van der Waals surface area contributed by atoms with E-state index < -0.39 is 12.8 Å². The number of anilines is 1. The molecule has 21 heavy (non-hydrogen) atoms. The quantitative estimate of drug-likeness (QED) is 0.879. The van der Waals surface area contributed by atoms with E-state index in [1.807, 2.05) is 19.9 Å². The fraction of sp³-hybridized carbons (Fsp3) is 0.385. The van der Waals surface area contributed by atoms with Crippen LogP contribution in [0, 0.1) is 13.8 Å². The lowest BCUT2D eigenvalue weighted by molar-refractivity contribution is -0.177. The molecule has 114 valence electrons. The van der Waals surface area contributed by atoms with Crippen LogP contribution in [0.2, 0.25) is 0 Å². The molecule has 0 aliphatic rings. The monoisotopic (exact) mass is 301 g/mol. The van der Waals surface area contributed by atoms with Crippen LogP contribution in [-0.4, -0.2) is 22.9 Å². The van der Waals surface area contributed by atoms with E-state index >= 15 is 0 Å². The van der Waals surface area contributed by atoms with Gasteiger partial charge in [0, 0.05) is 11.3 Å². The summed E-state index contributed by atoms with van der Waals surface area (Å²) >= 11 is 0. The lowest BCUT2D eigenvalue weighted by Gasteiger charge is -2.06. The van der Waals surface area contributed by atoms with Crippen molar-refractivity contribution in [1.82, 2.24) is 10.1 Å². The molecule has 0 saturated heterocycles. The predicted molar refractivity (Wildman–Crippen MR) is 69.3 cm³/mol. The Kier molecular flexibility index (Phi) is 4.17. The highest BCUT2D eigenvalue weighted by Crippen LogP contribution is 2.27. The number of alkyl halides is 3. The summed E-state index contributed by atoms with van der Waals surface area (Å²) in [4.78, 5) is 4.02. The number of nitrogen functional groups attached to an aromatic ring is 1. The molecule has 2 aromatic rings. The zero-order chi connectivity index (χ0) is 15.6. The number of nitrogens with two attached hydrogens (primary N) is 1. The molecule has 5 nitrogen and oxygen atoms in total. The van der Waals surface area contributed by atoms with Gasteiger partial charge in [0.05, 0.1) is 0 Å². The highest BCUT2D eigenvalue weighted by atomic mass is 19.4. The second-order valence-electron chi connectivity index (χ2n) is 4.63. The summed E-state index contributed by atoms with van der Waals surface area (Å²) in [5.74, 6) is 0.252. The van der Waals surface area contributed by atoms with Gasteiger partial charge in [0.2, 0.25) is 0 Å². The maximum Gasteiger partial charge on any atom is 0.411 e. The van der Waals surface area contributed by atoms with Crippen molar-refractivity contribution in [2.75, 3.05) is 12.3 Å². The van der Waals surface area contributed by atoms with Crippen LogP contribution in [0.5, 0.6) is 0 Å². The van der Waals surface area contributed by atoms with Gasteiger partial charge in [0.1, 0.15) is 13.2 Å². The highest BCUT2D eigenvalue weighted by molar-refractivity contribution is 5.66. The fourth-order valence-corrected chi connectivity index (χ4v) is 1.79. The molecule has 1 aromatic heterocycles. The highest BCUT2D eigenvalue weighted by Gasteiger charge is 2.27. The minimum Gasteiger partial charge on any atom is -0.399 e. The number of benzene rings is 1. The maximum atomic E-state index is 12.0. The smallest absolute Gasteiger partial charge is 0.399 e. The van der Waals surface area contributed by atoms with Crippen LogP contribution in [0.1, 0.15) is 17.0 Å². The van der Waals surface area contributed by atoms with Gasteiger partial charge in [0.15, 0.2) is 5.82 Å². The minimum atomic E-state index is -4.38. The summed E-state index contributed by atoms with van der Waals surface area (Å²) in [5, 5.41) is 3.59. The zero-order valence-electron chi connectivity index (χ0n) is 11.5. The number of nitrogens with zero attached hydrogens (tertiary/aromatic N) is 2. The van der Waals surface area contributed by atoms with Crippen LogP contribution < -0.4 is 5.73 Å².